The molecule has 0 saturated heterocycles. The Morgan fingerprint density at radius 2 is 1.64 bits per heavy atom. The van der Waals surface area contributed by atoms with Crippen LogP contribution in [0.15, 0.2) is 0 Å². The molecular weight excluding hydrogens is 347 g/mol. The highest BCUT2D eigenvalue weighted by atomic mass is 32.3. The normalized spacial score (nSPS) is 15.8. The first kappa shape index (κ1) is 21.6. The number of rotatable bonds is 9. The van der Waals surface area contributed by atoms with Crippen LogP contribution in [0.2, 0.25) is 0 Å². The second-order valence-electron chi connectivity index (χ2n) is 5.56. The number of sulfonamides is 2. The maximum absolute atomic E-state index is 12.1. The van der Waals surface area contributed by atoms with E-state index in [4.69, 9.17) is 4.74 Å². The maximum Gasteiger partial charge on any atom is 0.512 e. The molecule has 0 amide bonds. The third-order valence-corrected chi connectivity index (χ3v) is 6.81. The molecule has 0 saturated carbocycles. The smallest absolute Gasteiger partial charge is 0.378 e. The molecule has 1 atom stereocenters. The van der Waals surface area contributed by atoms with Crippen LogP contribution < -0.4 is 4.13 Å². The molecule has 0 spiro atoms. The quantitative estimate of drug-likeness (QED) is 0.628. The summed E-state index contributed by atoms with van der Waals surface area (Å²) in [5, 5.41) is 0. The van der Waals surface area contributed by atoms with Crippen molar-refractivity contribution in [2.24, 2.45) is 5.41 Å². The first-order valence-corrected chi connectivity index (χ1v) is 9.72. The van der Waals surface area contributed by atoms with Crippen molar-refractivity contribution >= 4 is 20.0 Å². The third-order valence-electron chi connectivity index (χ3n) is 3.48. The summed E-state index contributed by atoms with van der Waals surface area (Å²) in [7, 11) is -10.5. The van der Waals surface area contributed by atoms with Crippen LogP contribution in [0.4, 0.5) is 13.2 Å². The number of alkyl halides is 3. The second kappa shape index (κ2) is 7.45. The minimum absolute atomic E-state index is 0.00241. The third kappa shape index (κ3) is 6.80. The Morgan fingerprint density at radius 1 is 1.14 bits per heavy atom. The fraction of sp³-hybridized carbons (Fsp3) is 1.00. The summed E-state index contributed by atoms with van der Waals surface area (Å²) >= 11 is 0. The number of hydrogen-bond acceptors (Lipinski definition) is 5. The van der Waals surface area contributed by atoms with Crippen LogP contribution in [0.3, 0.4) is 0 Å². The van der Waals surface area contributed by atoms with Crippen LogP contribution in [-0.2, 0) is 24.8 Å². The molecule has 0 radical (unpaired) electrons. The molecule has 0 rings (SSSR count). The standard InChI is InChI=1S/C11H22F3NO5S2/c1-5-10(3,4)9(2)20-7-6-8-21(16,17)15-22(18,19)11(12,13)14/h9,15H,5-8H2,1-4H3. The fourth-order valence-electron chi connectivity index (χ4n) is 1.28. The van der Waals surface area contributed by atoms with Crippen LogP contribution in [0.25, 0.3) is 0 Å². The minimum Gasteiger partial charge on any atom is -0.378 e. The number of hydrogen-bond donors (Lipinski definition) is 1. The molecule has 0 aromatic heterocycles. The van der Waals surface area contributed by atoms with Crippen LogP contribution in [0.5, 0.6) is 0 Å². The number of halogens is 3. The van der Waals surface area contributed by atoms with E-state index < -0.39 is 31.3 Å². The van der Waals surface area contributed by atoms with Gasteiger partial charge in [-0.15, -0.1) is 4.13 Å². The monoisotopic (exact) mass is 369 g/mol. The molecule has 0 aromatic rings. The van der Waals surface area contributed by atoms with Gasteiger partial charge >= 0.3 is 15.5 Å². The lowest BCUT2D eigenvalue weighted by molar-refractivity contribution is -0.0441. The summed E-state index contributed by atoms with van der Waals surface area (Å²) in [6, 6.07) is 0. The van der Waals surface area contributed by atoms with E-state index in [2.05, 4.69) is 0 Å². The zero-order chi connectivity index (χ0) is 17.8. The molecule has 0 heterocycles. The predicted molar refractivity (Wildman–Crippen MR) is 76.0 cm³/mol. The molecule has 0 fully saturated rings. The molecule has 22 heavy (non-hydrogen) atoms. The Balaban J connectivity index is 4.44. The maximum atomic E-state index is 12.1. The van der Waals surface area contributed by atoms with E-state index >= 15 is 0 Å². The molecule has 0 aromatic carbocycles. The first-order valence-electron chi connectivity index (χ1n) is 6.59. The van der Waals surface area contributed by atoms with E-state index in [1.54, 1.807) is 0 Å². The van der Waals surface area contributed by atoms with E-state index in [1.165, 1.54) is 0 Å². The summed E-state index contributed by atoms with van der Waals surface area (Å²) < 4.78 is 86.5. The summed E-state index contributed by atoms with van der Waals surface area (Å²) in [4.78, 5) is 0. The van der Waals surface area contributed by atoms with Crippen LogP contribution in [-0.4, -0.2) is 40.8 Å². The molecule has 0 aliphatic heterocycles. The van der Waals surface area contributed by atoms with Crippen molar-refractivity contribution in [2.45, 2.75) is 52.1 Å². The zero-order valence-corrected chi connectivity index (χ0v) is 14.5. The predicted octanol–water partition coefficient (Wildman–Crippen LogP) is 1.99. The van der Waals surface area contributed by atoms with Gasteiger partial charge in [0.05, 0.1) is 11.9 Å². The summed E-state index contributed by atoms with van der Waals surface area (Å²) in [6.07, 6.45) is 0.539. The van der Waals surface area contributed by atoms with Crippen molar-refractivity contribution in [1.82, 2.24) is 4.13 Å². The Kier molecular flexibility index (Phi) is 7.32. The molecule has 1 unspecified atom stereocenters. The molecule has 0 aliphatic carbocycles. The average molecular weight is 369 g/mol. The fourth-order valence-corrected chi connectivity index (χ4v) is 3.82. The van der Waals surface area contributed by atoms with Crippen molar-refractivity contribution in [3.63, 3.8) is 0 Å². The van der Waals surface area contributed by atoms with Gasteiger partial charge in [0, 0.05) is 6.61 Å². The molecule has 0 bridgehead atoms. The van der Waals surface area contributed by atoms with E-state index in [9.17, 15) is 30.0 Å². The van der Waals surface area contributed by atoms with Crippen molar-refractivity contribution in [3.05, 3.63) is 0 Å². The highest BCUT2D eigenvalue weighted by molar-refractivity contribution is 8.05. The van der Waals surface area contributed by atoms with Gasteiger partial charge in [0.1, 0.15) is 0 Å². The number of ether oxygens (including phenoxy) is 1. The topological polar surface area (TPSA) is 89.5 Å². The molecule has 11 heteroatoms. The minimum atomic E-state index is -5.91. The van der Waals surface area contributed by atoms with Crippen molar-refractivity contribution in [2.75, 3.05) is 12.4 Å². The van der Waals surface area contributed by atoms with Crippen molar-refractivity contribution in [1.29, 1.82) is 0 Å². The second-order valence-corrected chi connectivity index (χ2v) is 9.33. The van der Waals surface area contributed by atoms with Gasteiger partial charge in [-0.25, -0.2) is 16.8 Å². The van der Waals surface area contributed by atoms with Crippen molar-refractivity contribution < 1.29 is 34.7 Å². The largest absolute Gasteiger partial charge is 0.512 e. The van der Waals surface area contributed by atoms with Gasteiger partial charge in [-0.3, -0.25) is 0 Å². The van der Waals surface area contributed by atoms with Gasteiger partial charge in [-0.1, -0.05) is 20.8 Å². The van der Waals surface area contributed by atoms with Gasteiger partial charge in [0.25, 0.3) is 0 Å². The van der Waals surface area contributed by atoms with Crippen LogP contribution in [0.1, 0.15) is 40.5 Å². The van der Waals surface area contributed by atoms with E-state index in [0.717, 1.165) is 6.42 Å². The lowest BCUT2D eigenvalue weighted by Crippen LogP contribution is -2.41. The Labute approximate surface area is 129 Å². The van der Waals surface area contributed by atoms with E-state index in [1.807, 2.05) is 27.7 Å². The lowest BCUT2D eigenvalue weighted by atomic mass is 9.85. The summed E-state index contributed by atoms with van der Waals surface area (Å²) in [6.45, 7) is 7.70. The van der Waals surface area contributed by atoms with Gasteiger partial charge in [0.2, 0.25) is 10.0 Å². The molecule has 6 nitrogen and oxygen atoms in total. The Morgan fingerprint density at radius 3 is 2.05 bits per heavy atom. The summed E-state index contributed by atoms with van der Waals surface area (Å²) in [5.41, 5.74) is -5.80. The van der Waals surface area contributed by atoms with Gasteiger partial charge in [-0.05, 0) is 25.2 Å². The first-order chi connectivity index (χ1) is 9.65. The van der Waals surface area contributed by atoms with E-state index in [-0.39, 0.29) is 24.5 Å². The molecule has 1 N–H and O–H groups in total. The van der Waals surface area contributed by atoms with Crippen LogP contribution >= 0.6 is 0 Å². The lowest BCUT2D eigenvalue weighted by Gasteiger charge is -2.30. The Bertz CT molecular complexity index is 555. The van der Waals surface area contributed by atoms with Gasteiger partial charge in [0.15, 0.2) is 0 Å². The highest BCUT2D eigenvalue weighted by Gasteiger charge is 2.48. The molecular formula is C11H22F3NO5S2. The summed E-state index contributed by atoms with van der Waals surface area (Å²) in [5.74, 6) is -0.776. The number of nitrogens with one attached hydrogen (secondary N) is 1. The molecule has 134 valence electrons. The molecule has 0 aliphatic rings. The highest BCUT2D eigenvalue weighted by Crippen LogP contribution is 2.27. The van der Waals surface area contributed by atoms with E-state index in [0.29, 0.717) is 4.13 Å². The van der Waals surface area contributed by atoms with Gasteiger partial charge in [-0.2, -0.15) is 13.2 Å². The zero-order valence-electron chi connectivity index (χ0n) is 12.9. The van der Waals surface area contributed by atoms with Crippen molar-refractivity contribution in [3.8, 4) is 0 Å². The SMILES string of the molecule is CCC(C)(C)C(C)OCCCS(=O)(=O)NS(=O)(=O)C(F)(F)F. The van der Waals surface area contributed by atoms with Gasteiger partial charge < -0.3 is 4.74 Å². The van der Waals surface area contributed by atoms with Crippen LogP contribution in [0, 0.1) is 5.41 Å². The Hall–Kier alpha value is -0.390. The average Bonchev–Trinajstić information content (AvgIpc) is 2.31.